The third-order valence-corrected chi connectivity index (χ3v) is 5.24. The zero-order valence-electron chi connectivity index (χ0n) is 18.4. The van der Waals surface area contributed by atoms with Gasteiger partial charge in [0.15, 0.2) is 5.82 Å². The first-order chi connectivity index (χ1) is 14.4. The van der Waals surface area contributed by atoms with E-state index in [1.54, 1.807) is 17.8 Å². The van der Waals surface area contributed by atoms with Gasteiger partial charge in [-0.15, -0.1) is 0 Å². The van der Waals surface area contributed by atoms with Gasteiger partial charge in [-0.05, 0) is 36.5 Å². The van der Waals surface area contributed by atoms with Gasteiger partial charge in [-0.2, -0.15) is 5.10 Å². The van der Waals surface area contributed by atoms with Gasteiger partial charge in [-0.1, -0.05) is 27.7 Å². The second-order valence-electron chi connectivity index (χ2n) is 6.91. The molecule has 0 radical (unpaired) electrons. The molecule has 0 bridgehead atoms. The van der Waals surface area contributed by atoms with Gasteiger partial charge >= 0.3 is 6.03 Å². The molecule has 1 aliphatic carbocycles. The molecular weight excluding hydrogens is 387 g/mol. The molecule has 8 heteroatoms. The Kier molecular flexibility index (Phi) is 8.08. The minimum Gasteiger partial charge on any atom is -0.300 e. The molecular formula is C22H31FN4O3. The van der Waals surface area contributed by atoms with Crippen molar-refractivity contribution in [1.29, 1.82) is 0 Å². The van der Waals surface area contributed by atoms with E-state index < -0.39 is 6.03 Å². The van der Waals surface area contributed by atoms with E-state index in [-0.39, 0.29) is 36.4 Å². The normalized spacial score (nSPS) is 17.1. The Morgan fingerprint density at radius 2 is 1.67 bits per heavy atom. The first-order valence-corrected chi connectivity index (χ1v) is 10.7. The Morgan fingerprint density at radius 1 is 1.03 bits per heavy atom. The summed E-state index contributed by atoms with van der Waals surface area (Å²) in [5.41, 5.74) is 1.32. The summed E-state index contributed by atoms with van der Waals surface area (Å²) in [5, 5.41) is 7.17. The SMILES string of the molecule is CC.CC.Cn1nc(N2CCC(=O)NC2=O)c2cc(F)c(C3CCC(=O)CC3)cc21. The molecule has 164 valence electrons. The number of nitrogens with zero attached hydrogens (tertiary/aromatic N) is 3. The molecule has 1 saturated carbocycles. The lowest BCUT2D eigenvalue weighted by molar-refractivity contribution is -0.121. The Hall–Kier alpha value is -2.77. The number of anilines is 1. The van der Waals surface area contributed by atoms with Crippen LogP contribution in [0, 0.1) is 5.82 Å². The van der Waals surface area contributed by atoms with Crippen LogP contribution in [0.3, 0.4) is 0 Å². The molecule has 2 heterocycles. The van der Waals surface area contributed by atoms with E-state index in [4.69, 9.17) is 0 Å². The fraction of sp³-hybridized carbons (Fsp3) is 0.545. The van der Waals surface area contributed by atoms with Gasteiger partial charge in [0, 0.05) is 38.2 Å². The number of ketones is 1. The molecule has 0 spiro atoms. The monoisotopic (exact) mass is 418 g/mol. The average Bonchev–Trinajstić information content (AvgIpc) is 3.06. The number of imide groups is 1. The number of aromatic nitrogens is 2. The summed E-state index contributed by atoms with van der Waals surface area (Å²) in [4.78, 5) is 36.3. The highest BCUT2D eigenvalue weighted by atomic mass is 19.1. The van der Waals surface area contributed by atoms with Crippen LogP contribution in [0.4, 0.5) is 15.0 Å². The van der Waals surface area contributed by atoms with Gasteiger partial charge < -0.3 is 0 Å². The molecule has 3 amide bonds. The molecule has 0 atom stereocenters. The maximum Gasteiger partial charge on any atom is 0.329 e. The molecule has 1 saturated heterocycles. The Balaban J connectivity index is 0.000000757. The Bertz CT molecular complexity index is 928. The summed E-state index contributed by atoms with van der Waals surface area (Å²) < 4.78 is 16.4. The number of benzene rings is 1. The highest BCUT2D eigenvalue weighted by molar-refractivity contribution is 6.08. The minimum atomic E-state index is -0.545. The van der Waals surface area contributed by atoms with Crippen LogP contribution in [0.5, 0.6) is 0 Å². The summed E-state index contributed by atoms with van der Waals surface area (Å²) in [6.07, 6.45) is 2.47. The zero-order chi connectivity index (χ0) is 22.4. The van der Waals surface area contributed by atoms with Gasteiger partial charge in [0.05, 0.1) is 5.52 Å². The van der Waals surface area contributed by atoms with Crippen molar-refractivity contribution in [2.24, 2.45) is 7.05 Å². The number of Topliss-reactive ketones (excluding diaryl/α,β-unsaturated/α-hetero) is 1. The molecule has 4 rings (SSSR count). The molecule has 7 nitrogen and oxygen atoms in total. The molecule has 2 aromatic rings. The van der Waals surface area contributed by atoms with Gasteiger partial charge in [0.1, 0.15) is 11.6 Å². The minimum absolute atomic E-state index is 0.0198. The molecule has 2 aliphatic rings. The van der Waals surface area contributed by atoms with Crippen LogP contribution >= 0.6 is 0 Å². The molecule has 1 N–H and O–H groups in total. The topological polar surface area (TPSA) is 84.3 Å². The summed E-state index contributed by atoms with van der Waals surface area (Å²) in [6.45, 7) is 8.21. The second-order valence-corrected chi connectivity index (χ2v) is 6.91. The highest BCUT2D eigenvalue weighted by Crippen LogP contribution is 2.36. The Labute approximate surface area is 176 Å². The molecule has 1 aromatic carbocycles. The molecule has 0 unspecified atom stereocenters. The predicted molar refractivity (Wildman–Crippen MR) is 115 cm³/mol. The van der Waals surface area contributed by atoms with Gasteiger partial charge in [-0.3, -0.25) is 24.5 Å². The van der Waals surface area contributed by atoms with Gasteiger partial charge in [-0.25, -0.2) is 9.18 Å². The van der Waals surface area contributed by atoms with E-state index in [9.17, 15) is 18.8 Å². The Morgan fingerprint density at radius 3 is 2.27 bits per heavy atom. The van der Waals surface area contributed by atoms with Crippen molar-refractivity contribution >= 4 is 34.4 Å². The van der Waals surface area contributed by atoms with Crippen LogP contribution in [-0.4, -0.2) is 34.0 Å². The predicted octanol–water partition coefficient (Wildman–Crippen LogP) is 4.44. The van der Waals surface area contributed by atoms with Crippen molar-refractivity contribution in [2.45, 2.75) is 65.7 Å². The zero-order valence-corrected chi connectivity index (χ0v) is 18.4. The number of urea groups is 1. The summed E-state index contributed by atoms with van der Waals surface area (Å²) in [7, 11) is 1.74. The average molecular weight is 419 g/mol. The maximum absolute atomic E-state index is 14.8. The van der Waals surface area contributed by atoms with Crippen LogP contribution in [0.25, 0.3) is 10.9 Å². The van der Waals surface area contributed by atoms with Crippen LogP contribution in [-0.2, 0) is 16.6 Å². The number of rotatable bonds is 2. The first-order valence-electron chi connectivity index (χ1n) is 10.7. The van der Waals surface area contributed by atoms with Crippen LogP contribution in [0.15, 0.2) is 12.1 Å². The van der Waals surface area contributed by atoms with E-state index in [1.807, 2.05) is 27.7 Å². The van der Waals surface area contributed by atoms with Gasteiger partial charge in [0.25, 0.3) is 0 Å². The van der Waals surface area contributed by atoms with Crippen molar-refractivity contribution in [2.75, 3.05) is 11.4 Å². The van der Waals surface area contributed by atoms with Crippen molar-refractivity contribution in [3.05, 3.63) is 23.5 Å². The van der Waals surface area contributed by atoms with E-state index in [0.29, 0.717) is 42.5 Å². The fourth-order valence-corrected chi connectivity index (χ4v) is 3.80. The number of fused-ring (bicyclic) bond motifs is 1. The van der Waals surface area contributed by atoms with Crippen LogP contribution < -0.4 is 10.2 Å². The molecule has 2 fully saturated rings. The van der Waals surface area contributed by atoms with Crippen molar-refractivity contribution in [1.82, 2.24) is 15.1 Å². The highest BCUT2D eigenvalue weighted by Gasteiger charge is 2.29. The van der Waals surface area contributed by atoms with E-state index in [0.717, 1.165) is 5.52 Å². The quantitative estimate of drug-likeness (QED) is 0.781. The molecule has 1 aliphatic heterocycles. The fourth-order valence-electron chi connectivity index (χ4n) is 3.80. The number of aryl methyl sites for hydroxylation is 1. The number of halogens is 1. The van der Waals surface area contributed by atoms with Crippen molar-refractivity contribution < 1.29 is 18.8 Å². The van der Waals surface area contributed by atoms with Crippen LogP contribution in [0.2, 0.25) is 0 Å². The first kappa shape index (κ1) is 23.5. The summed E-state index contributed by atoms with van der Waals surface area (Å²) >= 11 is 0. The van der Waals surface area contributed by atoms with E-state index in [1.165, 1.54) is 11.0 Å². The number of hydrogen-bond donors (Lipinski definition) is 1. The lowest BCUT2D eigenvalue weighted by Crippen LogP contribution is -2.49. The number of carbonyl (C=O) groups excluding carboxylic acids is 3. The number of hydrogen-bond acceptors (Lipinski definition) is 4. The van der Waals surface area contributed by atoms with Crippen LogP contribution in [0.1, 0.15) is 71.3 Å². The smallest absolute Gasteiger partial charge is 0.300 e. The number of carbonyl (C=O) groups is 3. The molecule has 30 heavy (non-hydrogen) atoms. The third-order valence-electron chi connectivity index (χ3n) is 5.24. The summed E-state index contributed by atoms with van der Waals surface area (Å²) in [5.74, 6) is -0.0780. The lowest BCUT2D eigenvalue weighted by atomic mass is 9.83. The maximum atomic E-state index is 14.8. The largest absolute Gasteiger partial charge is 0.329 e. The standard InChI is InChI=1S/C18H19FN4O3.2C2H6/c1-22-15-9-12(10-2-4-11(24)5-3-10)14(19)8-13(15)17(21-22)23-7-6-16(25)20-18(23)26;2*1-2/h8-10H,2-7H2,1H3,(H,20,25,26);2*1-2H3. The van der Waals surface area contributed by atoms with E-state index >= 15 is 0 Å². The lowest BCUT2D eigenvalue weighted by Gasteiger charge is -2.25. The van der Waals surface area contributed by atoms with Crippen molar-refractivity contribution in [3.8, 4) is 0 Å². The number of amides is 3. The second kappa shape index (κ2) is 10.3. The van der Waals surface area contributed by atoms with Crippen molar-refractivity contribution in [3.63, 3.8) is 0 Å². The number of nitrogens with one attached hydrogen (secondary N) is 1. The third kappa shape index (κ3) is 4.68. The van der Waals surface area contributed by atoms with E-state index in [2.05, 4.69) is 10.4 Å². The van der Waals surface area contributed by atoms with Gasteiger partial charge in [0.2, 0.25) is 5.91 Å². The molecule has 1 aromatic heterocycles. The summed E-state index contributed by atoms with van der Waals surface area (Å²) in [6, 6.07) is 2.64.